The van der Waals surface area contributed by atoms with Crippen LogP contribution in [-0.2, 0) is 13.1 Å². The predicted octanol–water partition coefficient (Wildman–Crippen LogP) is 2.67. The fourth-order valence-corrected chi connectivity index (χ4v) is 2.23. The highest BCUT2D eigenvalue weighted by Crippen LogP contribution is 2.06. The first-order valence-electron chi connectivity index (χ1n) is 7.16. The molecular formula is C16H23N3O. The Kier molecular flexibility index (Phi) is 5.77. The molecule has 0 spiro atoms. The number of furan rings is 1. The number of rotatable bonds is 8. The standard InChI is InChI=1S/C16H23N3O/c1-3-19(13-15-7-4-5-9-18-15)14(2)11-17-12-16-8-6-10-20-16/h4-10,14,17H,3,11-13H2,1-2H3. The van der Waals surface area contributed by atoms with Gasteiger partial charge < -0.3 is 9.73 Å². The van der Waals surface area contributed by atoms with Crippen LogP contribution in [0, 0.1) is 0 Å². The third-order valence-electron chi connectivity index (χ3n) is 3.44. The van der Waals surface area contributed by atoms with E-state index in [9.17, 15) is 0 Å². The van der Waals surface area contributed by atoms with E-state index in [1.54, 1.807) is 6.26 Å². The third-order valence-corrected chi connectivity index (χ3v) is 3.44. The van der Waals surface area contributed by atoms with E-state index in [4.69, 9.17) is 4.42 Å². The van der Waals surface area contributed by atoms with Crippen molar-refractivity contribution in [2.45, 2.75) is 33.0 Å². The van der Waals surface area contributed by atoms with Gasteiger partial charge in [-0.05, 0) is 37.7 Å². The molecule has 2 heterocycles. The minimum atomic E-state index is 0.456. The van der Waals surface area contributed by atoms with Crippen LogP contribution in [-0.4, -0.2) is 29.0 Å². The van der Waals surface area contributed by atoms with Crippen molar-refractivity contribution in [2.75, 3.05) is 13.1 Å². The van der Waals surface area contributed by atoms with Crippen molar-refractivity contribution < 1.29 is 4.42 Å². The van der Waals surface area contributed by atoms with Crippen LogP contribution in [0.1, 0.15) is 25.3 Å². The lowest BCUT2D eigenvalue weighted by atomic mass is 10.2. The highest BCUT2D eigenvalue weighted by Gasteiger charge is 2.12. The molecule has 108 valence electrons. The van der Waals surface area contributed by atoms with E-state index in [1.807, 2.05) is 30.5 Å². The molecule has 0 aliphatic heterocycles. The molecule has 1 atom stereocenters. The van der Waals surface area contributed by atoms with Gasteiger partial charge in [-0.15, -0.1) is 0 Å². The number of hydrogen-bond acceptors (Lipinski definition) is 4. The van der Waals surface area contributed by atoms with Crippen molar-refractivity contribution in [2.24, 2.45) is 0 Å². The lowest BCUT2D eigenvalue weighted by Gasteiger charge is -2.27. The molecule has 0 aliphatic rings. The fourth-order valence-electron chi connectivity index (χ4n) is 2.23. The first kappa shape index (κ1) is 14.8. The highest BCUT2D eigenvalue weighted by molar-refractivity contribution is 5.03. The Hall–Kier alpha value is -1.65. The molecule has 1 unspecified atom stereocenters. The van der Waals surface area contributed by atoms with Gasteiger partial charge in [0.05, 0.1) is 18.5 Å². The van der Waals surface area contributed by atoms with Crippen LogP contribution in [0.2, 0.25) is 0 Å². The van der Waals surface area contributed by atoms with Gasteiger partial charge >= 0.3 is 0 Å². The van der Waals surface area contributed by atoms with E-state index in [0.717, 1.165) is 37.6 Å². The molecule has 1 N–H and O–H groups in total. The predicted molar refractivity (Wildman–Crippen MR) is 80.2 cm³/mol. The van der Waals surface area contributed by atoms with E-state index in [2.05, 4.69) is 35.1 Å². The van der Waals surface area contributed by atoms with Crippen LogP contribution >= 0.6 is 0 Å². The largest absolute Gasteiger partial charge is 0.468 e. The summed E-state index contributed by atoms with van der Waals surface area (Å²) >= 11 is 0. The van der Waals surface area contributed by atoms with E-state index in [-0.39, 0.29) is 0 Å². The zero-order valence-electron chi connectivity index (χ0n) is 12.2. The topological polar surface area (TPSA) is 41.3 Å². The first-order valence-corrected chi connectivity index (χ1v) is 7.16. The number of hydrogen-bond donors (Lipinski definition) is 1. The first-order chi connectivity index (χ1) is 9.79. The number of nitrogens with one attached hydrogen (secondary N) is 1. The molecule has 0 saturated carbocycles. The molecule has 0 bridgehead atoms. The zero-order chi connectivity index (χ0) is 14.2. The molecule has 20 heavy (non-hydrogen) atoms. The van der Waals surface area contributed by atoms with Crippen LogP contribution in [0.25, 0.3) is 0 Å². The van der Waals surface area contributed by atoms with Crippen LogP contribution in [0.3, 0.4) is 0 Å². The molecule has 2 aromatic heterocycles. The van der Waals surface area contributed by atoms with Crippen LogP contribution in [0.4, 0.5) is 0 Å². The summed E-state index contributed by atoms with van der Waals surface area (Å²) in [4.78, 5) is 6.81. The van der Waals surface area contributed by atoms with Crippen molar-refractivity contribution in [3.05, 3.63) is 54.2 Å². The Morgan fingerprint density at radius 3 is 2.85 bits per heavy atom. The Labute approximate surface area is 120 Å². The van der Waals surface area contributed by atoms with Gasteiger partial charge in [-0.3, -0.25) is 9.88 Å². The zero-order valence-corrected chi connectivity index (χ0v) is 12.2. The average molecular weight is 273 g/mol. The van der Waals surface area contributed by atoms with Gasteiger partial charge in [0, 0.05) is 25.3 Å². The van der Waals surface area contributed by atoms with E-state index in [1.165, 1.54) is 0 Å². The van der Waals surface area contributed by atoms with Gasteiger partial charge in [0.1, 0.15) is 5.76 Å². The Balaban J connectivity index is 1.78. The number of aromatic nitrogens is 1. The molecule has 2 aromatic rings. The lowest BCUT2D eigenvalue weighted by molar-refractivity contribution is 0.202. The number of pyridine rings is 1. The Morgan fingerprint density at radius 2 is 2.20 bits per heavy atom. The second-order valence-corrected chi connectivity index (χ2v) is 4.94. The molecule has 2 rings (SSSR count). The SMILES string of the molecule is CCN(Cc1ccccn1)C(C)CNCc1ccco1. The summed E-state index contributed by atoms with van der Waals surface area (Å²) in [6, 6.07) is 10.4. The summed E-state index contributed by atoms with van der Waals surface area (Å²) < 4.78 is 5.31. The normalized spacial score (nSPS) is 12.8. The van der Waals surface area contributed by atoms with E-state index in [0.29, 0.717) is 6.04 Å². The molecule has 4 nitrogen and oxygen atoms in total. The summed E-state index contributed by atoms with van der Waals surface area (Å²) in [6.45, 7) is 8.04. The van der Waals surface area contributed by atoms with Gasteiger partial charge in [-0.25, -0.2) is 0 Å². The van der Waals surface area contributed by atoms with Crippen molar-refractivity contribution in [3.8, 4) is 0 Å². The molecule has 4 heteroatoms. The van der Waals surface area contributed by atoms with Crippen LogP contribution in [0.15, 0.2) is 47.2 Å². The summed E-state index contributed by atoms with van der Waals surface area (Å²) in [5, 5.41) is 3.43. The maximum absolute atomic E-state index is 5.31. The highest BCUT2D eigenvalue weighted by atomic mass is 16.3. The van der Waals surface area contributed by atoms with Crippen molar-refractivity contribution >= 4 is 0 Å². The molecule has 0 fully saturated rings. The number of nitrogens with zero attached hydrogens (tertiary/aromatic N) is 2. The minimum Gasteiger partial charge on any atom is -0.468 e. The maximum Gasteiger partial charge on any atom is 0.117 e. The monoisotopic (exact) mass is 273 g/mol. The smallest absolute Gasteiger partial charge is 0.117 e. The van der Waals surface area contributed by atoms with E-state index >= 15 is 0 Å². The van der Waals surface area contributed by atoms with Gasteiger partial charge in [0.2, 0.25) is 0 Å². The van der Waals surface area contributed by atoms with Crippen LogP contribution in [0.5, 0.6) is 0 Å². The van der Waals surface area contributed by atoms with E-state index < -0.39 is 0 Å². The minimum absolute atomic E-state index is 0.456. The molecular weight excluding hydrogens is 250 g/mol. The number of likely N-dealkylation sites (N-methyl/N-ethyl adjacent to an activating group) is 1. The fraction of sp³-hybridized carbons (Fsp3) is 0.438. The summed E-state index contributed by atoms with van der Waals surface area (Å²) in [6.07, 6.45) is 3.56. The molecule has 0 amide bonds. The second kappa shape index (κ2) is 7.82. The molecule has 0 aliphatic carbocycles. The van der Waals surface area contributed by atoms with Crippen molar-refractivity contribution in [1.82, 2.24) is 15.2 Å². The van der Waals surface area contributed by atoms with Gasteiger partial charge in [0.25, 0.3) is 0 Å². The van der Waals surface area contributed by atoms with Gasteiger partial charge in [0.15, 0.2) is 0 Å². The van der Waals surface area contributed by atoms with Crippen molar-refractivity contribution in [3.63, 3.8) is 0 Å². The maximum atomic E-state index is 5.31. The van der Waals surface area contributed by atoms with Gasteiger partial charge in [-0.2, -0.15) is 0 Å². The molecule has 0 aromatic carbocycles. The van der Waals surface area contributed by atoms with Crippen molar-refractivity contribution in [1.29, 1.82) is 0 Å². The summed E-state index contributed by atoms with van der Waals surface area (Å²) in [5.41, 5.74) is 1.12. The summed E-state index contributed by atoms with van der Waals surface area (Å²) in [7, 11) is 0. The quantitative estimate of drug-likeness (QED) is 0.803. The second-order valence-electron chi connectivity index (χ2n) is 4.94. The average Bonchev–Trinajstić information content (AvgIpc) is 2.99. The molecule has 0 radical (unpaired) electrons. The summed E-state index contributed by atoms with van der Waals surface area (Å²) in [5.74, 6) is 0.977. The third kappa shape index (κ3) is 4.47. The lowest BCUT2D eigenvalue weighted by Crippen LogP contribution is -2.39. The Morgan fingerprint density at radius 1 is 1.30 bits per heavy atom. The van der Waals surface area contributed by atoms with Crippen LogP contribution < -0.4 is 5.32 Å². The Bertz CT molecular complexity index is 470. The van der Waals surface area contributed by atoms with Gasteiger partial charge in [-0.1, -0.05) is 13.0 Å². The molecule has 0 saturated heterocycles.